The van der Waals surface area contributed by atoms with Crippen LogP contribution < -0.4 is 4.90 Å². The molecule has 0 saturated carbocycles. The van der Waals surface area contributed by atoms with Crippen molar-refractivity contribution in [2.75, 3.05) is 4.90 Å². The first kappa shape index (κ1) is 37.4. The number of allylic oxidation sites excluding steroid dienone is 4. The van der Waals surface area contributed by atoms with Gasteiger partial charge in [0.15, 0.2) is 0 Å². The Bertz CT molecular complexity index is 2860. The predicted molar refractivity (Wildman–Crippen MR) is 252 cm³/mol. The summed E-state index contributed by atoms with van der Waals surface area (Å²) in [7, 11) is 0. The van der Waals surface area contributed by atoms with Crippen molar-refractivity contribution in [1.29, 1.82) is 0 Å². The van der Waals surface area contributed by atoms with Crippen LogP contribution in [0, 0.1) is 12.3 Å². The topological polar surface area (TPSA) is 3.24 Å². The van der Waals surface area contributed by atoms with E-state index in [1.54, 1.807) is 0 Å². The molecule has 0 spiro atoms. The molecule has 1 aliphatic carbocycles. The smallest absolute Gasteiger partial charge is 0.0465 e. The minimum absolute atomic E-state index is 0.0765. The van der Waals surface area contributed by atoms with Crippen molar-refractivity contribution >= 4 is 43.7 Å². The van der Waals surface area contributed by atoms with Crippen molar-refractivity contribution in [2.45, 2.75) is 66.7 Å². The van der Waals surface area contributed by atoms with E-state index in [9.17, 15) is 0 Å². The molecule has 286 valence electrons. The number of hydrogen-bond acceptors (Lipinski definition) is 1. The van der Waals surface area contributed by atoms with E-state index in [0.717, 1.165) is 12.8 Å². The lowest BCUT2D eigenvalue weighted by atomic mass is 9.81. The van der Waals surface area contributed by atoms with Gasteiger partial charge in [-0.05, 0) is 138 Å². The molecule has 9 rings (SSSR count). The van der Waals surface area contributed by atoms with E-state index >= 15 is 0 Å². The van der Waals surface area contributed by atoms with Gasteiger partial charge >= 0.3 is 0 Å². The third-order valence-corrected chi connectivity index (χ3v) is 12.2. The van der Waals surface area contributed by atoms with Crippen molar-refractivity contribution in [3.05, 3.63) is 192 Å². The number of fused-ring (bicyclic) bond motifs is 6. The summed E-state index contributed by atoms with van der Waals surface area (Å²) in [5, 5.41) is 7.64. The van der Waals surface area contributed by atoms with Crippen LogP contribution in [0.15, 0.2) is 181 Å². The Morgan fingerprint density at radius 3 is 1.62 bits per heavy atom. The molecule has 0 aliphatic heterocycles. The average Bonchev–Trinajstić information content (AvgIpc) is 3.24. The van der Waals surface area contributed by atoms with E-state index < -0.39 is 0 Å². The van der Waals surface area contributed by atoms with E-state index in [-0.39, 0.29) is 10.8 Å². The molecule has 0 N–H and O–H groups in total. The van der Waals surface area contributed by atoms with Crippen molar-refractivity contribution in [3.8, 4) is 33.4 Å². The number of rotatable bonds is 6. The van der Waals surface area contributed by atoms with Crippen LogP contribution in [-0.4, -0.2) is 0 Å². The highest BCUT2D eigenvalue weighted by Crippen LogP contribution is 2.50. The molecular weight excluding hydrogens is 699 g/mol. The Morgan fingerprint density at radius 1 is 0.431 bits per heavy atom. The summed E-state index contributed by atoms with van der Waals surface area (Å²) in [6, 6.07) is 59.1. The summed E-state index contributed by atoms with van der Waals surface area (Å²) in [6.07, 6.45) is 6.79. The molecule has 0 unspecified atom stereocenters. The second-order valence-corrected chi connectivity index (χ2v) is 18.2. The lowest BCUT2D eigenvalue weighted by molar-refractivity contribution is 0.479. The molecule has 8 aromatic carbocycles. The van der Waals surface area contributed by atoms with E-state index in [1.807, 2.05) is 0 Å². The molecule has 0 saturated heterocycles. The highest BCUT2D eigenvalue weighted by atomic mass is 15.1. The van der Waals surface area contributed by atoms with Gasteiger partial charge < -0.3 is 4.90 Å². The largest absolute Gasteiger partial charge is 0.314 e. The SMILES string of the molecule is Cc1ccc(-c2c(-c3ccccc3)cc(-c3ccccc3)c3c4ccccc4c4cc(N(C5=CC=C(C(C)(C)C)CC5)c5ccc(C(C)(C)C)cc5)ccc4c23)cc1. The molecule has 1 nitrogen and oxygen atoms in total. The molecular formula is C57H53N. The average molecular weight is 752 g/mol. The van der Waals surface area contributed by atoms with Crippen molar-refractivity contribution in [3.63, 3.8) is 0 Å². The Kier molecular flexibility index (Phi) is 9.44. The number of anilines is 2. The lowest BCUT2D eigenvalue weighted by Gasteiger charge is -2.33. The normalized spacial score (nSPS) is 13.5. The van der Waals surface area contributed by atoms with Crippen molar-refractivity contribution in [2.24, 2.45) is 5.41 Å². The Balaban J connectivity index is 1.39. The quantitative estimate of drug-likeness (QED) is 0.153. The fourth-order valence-electron chi connectivity index (χ4n) is 9.02. The highest BCUT2D eigenvalue weighted by Gasteiger charge is 2.26. The molecule has 0 atom stereocenters. The van der Waals surface area contributed by atoms with Crippen molar-refractivity contribution < 1.29 is 0 Å². The summed E-state index contributed by atoms with van der Waals surface area (Å²) in [4.78, 5) is 2.51. The number of benzene rings is 8. The second-order valence-electron chi connectivity index (χ2n) is 18.2. The second kappa shape index (κ2) is 14.6. The summed E-state index contributed by atoms with van der Waals surface area (Å²) < 4.78 is 0. The predicted octanol–water partition coefficient (Wildman–Crippen LogP) is 16.5. The zero-order chi connectivity index (χ0) is 40.2. The fraction of sp³-hybridized carbons (Fsp3) is 0.193. The molecule has 1 heteroatoms. The third-order valence-electron chi connectivity index (χ3n) is 12.2. The number of nitrogens with zero attached hydrogens (tertiary/aromatic N) is 1. The van der Waals surface area contributed by atoms with Crippen LogP contribution in [0.1, 0.15) is 65.5 Å². The van der Waals surface area contributed by atoms with Crippen LogP contribution in [0.25, 0.3) is 65.7 Å². The number of aryl methyl sites for hydroxylation is 1. The van der Waals surface area contributed by atoms with E-state index in [0.29, 0.717) is 0 Å². The van der Waals surface area contributed by atoms with E-state index in [2.05, 4.69) is 223 Å². The summed E-state index contributed by atoms with van der Waals surface area (Å²) in [5.41, 5.74) is 15.4. The zero-order valence-corrected chi connectivity index (χ0v) is 35.0. The monoisotopic (exact) mass is 751 g/mol. The summed E-state index contributed by atoms with van der Waals surface area (Å²) in [6.45, 7) is 16.0. The first-order chi connectivity index (χ1) is 28.0. The van der Waals surface area contributed by atoms with Gasteiger partial charge in [0.05, 0.1) is 0 Å². The fourth-order valence-corrected chi connectivity index (χ4v) is 9.02. The minimum atomic E-state index is 0.0765. The minimum Gasteiger partial charge on any atom is -0.314 e. The molecule has 8 aromatic rings. The third kappa shape index (κ3) is 6.83. The lowest BCUT2D eigenvalue weighted by Crippen LogP contribution is -2.20. The maximum atomic E-state index is 2.51. The Labute approximate surface area is 345 Å². The molecule has 0 aromatic heterocycles. The van der Waals surface area contributed by atoms with Gasteiger partial charge in [-0.25, -0.2) is 0 Å². The standard InChI is InChI=1S/C57H53N/c1-38-22-24-41(25-23-38)53-50(39-16-10-8-11-17-39)37-51(40-18-12-9-13-19-40)54-48-21-15-14-20-47(48)52-36-46(34-35-49(52)55(53)54)58(44-30-26-42(27-31-44)56(2,3)4)45-32-28-43(29-33-45)57(5,6)7/h8-28,30-32,34-37H,29,33H2,1-7H3. The first-order valence-corrected chi connectivity index (χ1v) is 20.9. The maximum Gasteiger partial charge on any atom is 0.0465 e. The van der Waals surface area contributed by atoms with Gasteiger partial charge in [-0.2, -0.15) is 0 Å². The Morgan fingerprint density at radius 2 is 1.02 bits per heavy atom. The first-order valence-electron chi connectivity index (χ1n) is 20.9. The van der Waals surface area contributed by atoms with Gasteiger partial charge in [-0.15, -0.1) is 0 Å². The molecule has 0 radical (unpaired) electrons. The van der Waals surface area contributed by atoms with Crippen LogP contribution in [-0.2, 0) is 5.41 Å². The van der Waals surface area contributed by atoms with Gasteiger partial charge in [-0.3, -0.25) is 0 Å². The van der Waals surface area contributed by atoms with Gasteiger partial charge in [0.25, 0.3) is 0 Å². The van der Waals surface area contributed by atoms with Crippen molar-refractivity contribution in [1.82, 2.24) is 0 Å². The van der Waals surface area contributed by atoms with Gasteiger partial charge in [0.1, 0.15) is 0 Å². The van der Waals surface area contributed by atoms with Gasteiger partial charge in [0, 0.05) is 17.1 Å². The van der Waals surface area contributed by atoms with Crippen LogP contribution in [0.2, 0.25) is 0 Å². The Hall–Kier alpha value is -6.18. The summed E-state index contributed by atoms with van der Waals surface area (Å²) >= 11 is 0. The van der Waals surface area contributed by atoms with E-state index in [1.165, 1.54) is 99.5 Å². The van der Waals surface area contributed by atoms with E-state index in [4.69, 9.17) is 0 Å². The van der Waals surface area contributed by atoms with Gasteiger partial charge in [0.2, 0.25) is 0 Å². The van der Waals surface area contributed by atoms with Crippen LogP contribution in [0.5, 0.6) is 0 Å². The maximum absolute atomic E-state index is 2.51. The molecule has 0 fully saturated rings. The van der Waals surface area contributed by atoms with Crippen LogP contribution in [0.4, 0.5) is 11.4 Å². The van der Waals surface area contributed by atoms with Crippen LogP contribution >= 0.6 is 0 Å². The molecule has 0 amide bonds. The molecule has 58 heavy (non-hydrogen) atoms. The van der Waals surface area contributed by atoms with Crippen LogP contribution in [0.3, 0.4) is 0 Å². The zero-order valence-electron chi connectivity index (χ0n) is 35.0. The molecule has 1 aliphatic rings. The molecule has 0 bridgehead atoms. The molecule has 0 heterocycles. The van der Waals surface area contributed by atoms with Gasteiger partial charge in [-0.1, -0.05) is 186 Å². The number of hydrogen-bond donors (Lipinski definition) is 0. The highest BCUT2D eigenvalue weighted by molar-refractivity contribution is 6.33. The summed E-state index contributed by atoms with van der Waals surface area (Å²) in [5.74, 6) is 0.